The minimum Gasteiger partial charge on any atom is -0.497 e. The molecule has 3 N–H and O–H groups in total. The fraction of sp³-hybridized carbons (Fsp3) is 0.462. The van der Waals surface area contributed by atoms with E-state index in [1.807, 2.05) is 13.8 Å². The quantitative estimate of drug-likeness (QED) is 0.720. The minimum atomic E-state index is -1.01. The molecule has 100 valence electrons. The predicted molar refractivity (Wildman–Crippen MR) is 69.3 cm³/mol. The Morgan fingerprint density at radius 2 is 2.11 bits per heavy atom. The van der Waals surface area contributed by atoms with Gasteiger partial charge in [0, 0.05) is 6.07 Å². The number of carboxylic acid groups (broad SMARTS) is 1. The molecule has 18 heavy (non-hydrogen) atoms. The fourth-order valence-electron chi connectivity index (χ4n) is 1.58. The Hall–Kier alpha value is -1.75. The molecule has 1 rings (SSSR count). The zero-order chi connectivity index (χ0) is 13.7. The van der Waals surface area contributed by atoms with Gasteiger partial charge in [0.25, 0.3) is 0 Å². The number of nitrogens with one attached hydrogen (secondary N) is 1. The van der Waals surface area contributed by atoms with Crippen molar-refractivity contribution in [2.24, 2.45) is 5.92 Å². The molecule has 0 aliphatic carbocycles. The Morgan fingerprint density at radius 1 is 1.44 bits per heavy atom. The first-order valence-corrected chi connectivity index (χ1v) is 5.78. The molecule has 5 nitrogen and oxygen atoms in total. The fourth-order valence-corrected chi connectivity index (χ4v) is 1.58. The second-order valence-corrected chi connectivity index (χ2v) is 4.39. The van der Waals surface area contributed by atoms with E-state index < -0.39 is 5.97 Å². The Bertz CT molecular complexity index is 417. The van der Waals surface area contributed by atoms with Gasteiger partial charge in [0.15, 0.2) is 0 Å². The number of hydrogen-bond acceptors (Lipinski definition) is 4. The first kappa shape index (κ1) is 14.3. The smallest absolute Gasteiger partial charge is 0.337 e. The third-order valence-electron chi connectivity index (χ3n) is 2.80. The van der Waals surface area contributed by atoms with Crippen LogP contribution in [0.4, 0.5) is 5.69 Å². The standard InChI is InChI=1S/C13H19NO4/c1-8(2)12(7-15)14-11-6-9(18-3)4-5-10(11)13(16)17/h4-6,8,12,14-15H,7H2,1-3H3,(H,16,17). The van der Waals surface area contributed by atoms with E-state index in [1.54, 1.807) is 12.1 Å². The van der Waals surface area contributed by atoms with Crippen LogP contribution in [0.5, 0.6) is 5.75 Å². The van der Waals surface area contributed by atoms with Gasteiger partial charge in [0.2, 0.25) is 0 Å². The number of carboxylic acids is 1. The molecule has 0 fully saturated rings. The average molecular weight is 253 g/mol. The highest BCUT2D eigenvalue weighted by Gasteiger charge is 2.17. The Morgan fingerprint density at radius 3 is 2.56 bits per heavy atom. The number of anilines is 1. The number of rotatable bonds is 6. The number of benzene rings is 1. The van der Waals surface area contributed by atoms with E-state index in [0.29, 0.717) is 11.4 Å². The highest BCUT2D eigenvalue weighted by Crippen LogP contribution is 2.24. The van der Waals surface area contributed by atoms with Crippen molar-refractivity contribution in [2.45, 2.75) is 19.9 Å². The monoisotopic (exact) mass is 253 g/mol. The van der Waals surface area contributed by atoms with Crippen LogP contribution in [-0.2, 0) is 0 Å². The highest BCUT2D eigenvalue weighted by molar-refractivity contribution is 5.94. The summed E-state index contributed by atoms with van der Waals surface area (Å²) in [6, 6.07) is 4.50. The molecule has 0 aromatic heterocycles. The lowest BCUT2D eigenvalue weighted by Gasteiger charge is -2.22. The van der Waals surface area contributed by atoms with E-state index in [9.17, 15) is 9.90 Å². The van der Waals surface area contributed by atoms with Crippen molar-refractivity contribution in [3.63, 3.8) is 0 Å². The van der Waals surface area contributed by atoms with Crippen LogP contribution in [0.2, 0.25) is 0 Å². The van der Waals surface area contributed by atoms with Crippen LogP contribution in [0.1, 0.15) is 24.2 Å². The number of aliphatic hydroxyl groups excluding tert-OH is 1. The maximum Gasteiger partial charge on any atom is 0.337 e. The van der Waals surface area contributed by atoms with Crippen LogP contribution in [0.3, 0.4) is 0 Å². The summed E-state index contributed by atoms with van der Waals surface area (Å²) in [6.07, 6.45) is 0. The third kappa shape index (κ3) is 3.37. The topological polar surface area (TPSA) is 78.8 Å². The van der Waals surface area contributed by atoms with Gasteiger partial charge in [-0.05, 0) is 18.1 Å². The lowest BCUT2D eigenvalue weighted by atomic mass is 10.0. The van der Waals surface area contributed by atoms with Crippen molar-refractivity contribution in [1.82, 2.24) is 0 Å². The molecule has 1 aromatic carbocycles. The van der Waals surface area contributed by atoms with Crippen molar-refractivity contribution in [1.29, 1.82) is 0 Å². The van der Waals surface area contributed by atoms with E-state index >= 15 is 0 Å². The van der Waals surface area contributed by atoms with Gasteiger partial charge in [-0.15, -0.1) is 0 Å². The Labute approximate surface area is 106 Å². The van der Waals surface area contributed by atoms with Crippen LogP contribution in [0, 0.1) is 5.92 Å². The second kappa shape index (κ2) is 6.26. The largest absolute Gasteiger partial charge is 0.497 e. The number of methoxy groups -OCH3 is 1. The summed E-state index contributed by atoms with van der Waals surface area (Å²) in [6.45, 7) is 3.84. The molecule has 1 unspecified atom stereocenters. The van der Waals surface area contributed by atoms with Gasteiger partial charge in [0.1, 0.15) is 5.75 Å². The van der Waals surface area contributed by atoms with Crippen molar-refractivity contribution < 1.29 is 19.7 Å². The summed E-state index contributed by atoms with van der Waals surface area (Å²) in [7, 11) is 1.52. The van der Waals surface area contributed by atoms with Gasteiger partial charge in [-0.2, -0.15) is 0 Å². The van der Waals surface area contributed by atoms with Crippen molar-refractivity contribution >= 4 is 11.7 Å². The summed E-state index contributed by atoms with van der Waals surface area (Å²) in [5.74, 6) is -0.258. The number of carbonyl (C=O) groups is 1. The van der Waals surface area contributed by atoms with E-state index in [-0.39, 0.29) is 24.1 Å². The number of aliphatic hydroxyl groups is 1. The van der Waals surface area contributed by atoms with Crippen molar-refractivity contribution in [3.8, 4) is 5.75 Å². The predicted octanol–water partition coefficient (Wildman–Crippen LogP) is 1.82. The van der Waals surface area contributed by atoms with Gasteiger partial charge >= 0.3 is 5.97 Å². The van der Waals surface area contributed by atoms with Gasteiger partial charge in [-0.25, -0.2) is 4.79 Å². The molecule has 0 heterocycles. The van der Waals surface area contributed by atoms with Gasteiger partial charge in [-0.1, -0.05) is 13.8 Å². The first-order valence-electron chi connectivity index (χ1n) is 5.78. The van der Waals surface area contributed by atoms with Crippen LogP contribution < -0.4 is 10.1 Å². The molecular formula is C13H19NO4. The average Bonchev–Trinajstić information content (AvgIpc) is 2.34. The first-order chi connectivity index (χ1) is 8.49. The molecule has 1 aromatic rings. The van der Waals surface area contributed by atoms with Crippen LogP contribution in [-0.4, -0.2) is 35.9 Å². The lowest BCUT2D eigenvalue weighted by molar-refractivity contribution is 0.0697. The summed E-state index contributed by atoms with van der Waals surface area (Å²) in [5, 5.41) is 21.4. The molecule has 1 atom stereocenters. The van der Waals surface area contributed by atoms with Gasteiger partial charge in [0.05, 0.1) is 31.0 Å². The molecule has 0 aliphatic rings. The Balaban J connectivity index is 3.07. The van der Waals surface area contributed by atoms with E-state index in [1.165, 1.54) is 13.2 Å². The minimum absolute atomic E-state index is 0.0616. The molecule has 0 spiro atoms. The third-order valence-corrected chi connectivity index (χ3v) is 2.80. The number of aromatic carboxylic acids is 1. The van der Waals surface area contributed by atoms with E-state index in [0.717, 1.165) is 0 Å². The molecule has 5 heteroatoms. The Kier molecular flexibility index (Phi) is 4.97. The second-order valence-electron chi connectivity index (χ2n) is 4.39. The van der Waals surface area contributed by atoms with E-state index in [4.69, 9.17) is 9.84 Å². The van der Waals surface area contributed by atoms with Gasteiger partial charge < -0.3 is 20.3 Å². The van der Waals surface area contributed by atoms with Crippen LogP contribution >= 0.6 is 0 Å². The molecule has 0 bridgehead atoms. The normalized spacial score (nSPS) is 12.3. The van der Waals surface area contributed by atoms with Crippen LogP contribution in [0.25, 0.3) is 0 Å². The van der Waals surface area contributed by atoms with E-state index in [2.05, 4.69) is 5.32 Å². The zero-order valence-electron chi connectivity index (χ0n) is 10.8. The molecule has 0 saturated carbocycles. The maximum atomic E-state index is 11.1. The molecule has 0 radical (unpaired) electrons. The summed E-state index contributed by atoms with van der Waals surface area (Å²) in [4.78, 5) is 11.1. The summed E-state index contributed by atoms with van der Waals surface area (Å²) in [5.41, 5.74) is 0.615. The summed E-state index contributed by atoms with van der Waals surface area (Å²) < 4.78 is 5.07. The van der Waals surface area contributed by atoms with Crippen molar-refractivity contribution in [3.05, 3.63) is 23.8 Å². The zero-order valence-corrected chi connectivity index (χ0v) is 10.8. The summed E-state index contributed by atoms with van der Waals surface area (Å²) >= 11 is 0. The SMILES string of the molecule is COc1ccc(C(=O)O)c(NC(CO)C(C)C)c1. The highest BCUT2D eigenvalue weighted by atomic mass is 16.5. The number of ether oxygens (including phenoxy) is 1. The van der Waals surface area contributed by atoms with Gasteiger partial charge in [-0.3, -0.25) is 0 Å². The maximum absolute atomic E-state index is 11.1. The van der Waals surface area contributed by atoms with Crippen LogP contribution in [0.15, 0.2) is 18.2 Å². The lowest BCUT2D eigenvalue weighted by Crippen LogP contribution is -2.30. The molecule has 0 amide bonds. The molecule has 0 saturated heterocycles. The molecule has 0 aliphatic heterocycles. The molecular weight excluding hydrogens is 234 g/mol. The number of hydrogen-bond donors (Lipinski definition) is 3. The van der Waals surface area contributed by atoms with Crippen molar-refractivity contribution in [2.75, 3.05) is 19.0 Å².